The van der Waals surface area contributed by atoms with Gasteiger partial charge in [-0.25, -0.2) is 0 Å². The number of nitrogens with one attached hydrogen (secondary N) is 1. The molecule has 2 aromatic heterocycles. The average molecular weight is 478 g/mol. The molecule has 1 atom stereocenters. The monoisotopic (exact) mass is 477 g/mol. The van der Waals surface area contributed by atoms with Crippen LogP contribution in [-0.2, 0) is 11.3 Å². The molecule has 0 aliphatic carbocycles. The van der Waals surface area contributed by atoms with Crippen molar-refractivity contribution >= 4 is 34.3 Å². The third kappa shape index (κ3) is 5.17. The van der Waals surface area contributed by atoms with Crippen LogP contribution in [0.5, 0.6) is 0 Å². The molecule has 0 radical (unpaired) electrons. The lowest BCUT2D eigenvalue weighted by Gasteiger charge is -2.18. The smallest absolute Gasteiger partial charge is 0.262 e. The molecule has 7 nitrogen and oxygen atoms in total. The Morgan fingerprint density at radius 2 is 1.76 bits per heavy atom. The van der Waals surface area contributed by atoms with E-state index in [1.807, 2.05) is 59.0 Å². The number of para-hydroxylation sites is 1. The first-order chi connectivity index (χ1) is 16.5. The molecule has 34 heavy (non-hydrogen) atoms. The van der Waals surface area contributed by atoms with Crippen LogP contribution in [0.4, 0.5) is 0 Å². The van der Waals surface area contributed by atoms with Crippen LogP contribution in [0.2, 0.25) is 0 Å². The van der Waals surface area contributed by atoms with Crippen LogP contribution >= 0.6 is 11.8 Å². The second kappa shape index (κ2) is 10.9. The van der Waals surface area contributed by atoms with Crippen molar-refractivity contribution in [3.63, 3.8) is 0 Å². The highest BCUT2D eigenvalue weighted by Crippen LogP contribution is 2.23. The van der Waals surface area contributed by atoms with Crippen LogP contribution in [0.1, 0.15) is 51.6 Å². The van der Waals surface area contributed by atoms with E-state index in [0.717, 1.165) is 30.3 Å². The number of hydrogen-bond donors (Lipinski definition) is 1. The van der Waals surface area contributed by atoms with E-state index in [1.165, 1.54) is 11.8 Å². The molecule has 0 fully saturated rings. The Labute approximate surface area is 203 Å². The Balaban J connectivity index is 1.60. The zero-order valence-corrected chi connectivity index (χ0v) is 20.7. The van der Waals surface area contributed by atoms with Gasteiger partial charge in [0.15, 0.2) is 5.16 Å². The normalized spacial score (nSPS) is 12.5. The number of hydrogen-bond acceptors (Lipinski definition) is 5. The number of carbonyl (C=O) groups is 1. The lowest BCUT2D eigenvalue weighted by molar-refractivity contribution is -0.119. The number of aryl methyl sites for hydroxylation is 1. The molecule has 4 aromatic rings. The number of aromatic nitrogens is 4. The van der Waals surface area contributed by atoms with Gasteiger partial charge in [-0.15, -0.1) is 10.2 Å². The van der Waals surface area contributed by atoms with Gasteiger partial charge in [-0.3, -0.25) is 18.6 Å². The largest absolute Gasteiger partial charge is 0.349 e. The Morgan fingerprint density at radius 3 is 2.50 bits per heavy atom. The summed E-state index contributed by atoms with van der Waals surface area (Å²) in [4.78, 5) is 26.0. The van der Waals surface area contributed by atoms with Crippen molar-refractivity contribution in [1.29, 1.82) is 0 Å². The minimum absolute atomic E-state index is 0.0171. The summed E-state index contributed by atoms with van der Waals surface area (Å²) in [5.74, 6) is 1.13. The van der Waals surface area contributed by atoms with Crippen molar-refractivity contribution < 1.29 is 4.79 Å². The fraction of sp³-hybridized carbons (Fsp3) is 0.385. The fourth-order valence-electron chi connectivity index (χ4n) is 4.08. The summed E-state index contributed by atoms with van der Waals surface area (Å²) in [5, 5.41) is 13.1. The lowest BCUT2D eigenvalue weighted by Crippen LogP contribution is -2.30. The van der Waals surface area contributed by atoms with Crippen molar-refractivity contribution in [2.24, 2.45) is 5.92 Å². The lowest BCUT2D eigenvalue weighted by atomic mass is 10.0. The van der Waals surface area contributed by atoms with Crippen LogP contribution in [0.25, 0.3) is 16.7 Å². The molecule has 0 spiro atoms. The second-order valence-electron chi connectivity index (χ2n) is 8.88. The van der Waals surface area contributed by atoms with E-state index in [9.17, 15) is 9.59 Å². The standard InChI is InChI=1S/C26H31N5O2S/c1-4-10-21(19-11-6-5-7-12-19)27-23(32)17-34-26-29-28-25-30(16-15-18(2)3)24(33)20-13-8-9-14-22(20)31(25)26/h5-9,11-14,18,21H,4,10,15-17H2,1-3H3,(H,27,32). The van der Waals surface area contributed by atoms with E-state index >= 15 is 0 Å². The number of carbonyl (C=O) groups excluding carboxylic acids is 1. The molecule has 0 saturated heterocycles. The van der Waals surface area contributed by atoms with E-state index in [1.54, 1.807) is 4.57 Å². The van der Waals surface area contributed by atoms with Crippen molar-refractivity contribution in [3.8, 4) is 0 Å². The summed E-state index contributed by atoms with van der Waals surface area (Å²) in [6.07, 6.45) is 2.71. The molecule has 0 bridgehead atoms. The zero-order chi connectivity index (χ0) is 24.1. The van der Waals surface area contributed by atoms with E-state index < -0.39 is 0 Å². The molecule has 0 saturated carbocycles. The van der Waals surface area contributed by atoms with E-state index in [4.69, 9.17) is 0 Å². The van der Waals surface area contributed by atoms with Crippen LogP contribution in [-0.4, -0.2) is 30.8 Å². The molecule has 1 unspecified atom stereocenters. The predicted octanol–water partition coefficient (Wildman–Crippen LogP) is 4.84. The first-order valence-corrected chi connectivity index (χ1v) is 12.8. The summed E-state index contributed by atoms with van der Waals surface area (Å²) in [6.45, 7) is 6.95. The van der Waals surface area contributed by atoms with Gasteiger partial charge in [-0.2, -0.15) is 0 Å². The zero-order valence-electron chi connectivity index (χ0n) is 19.9. The molecule has 1 amide bonds. The Hall–Kier alpha value is -3.13. The topological polar surface area (TPSA) is 81.3 Å². The average Bonchev–Trinajstić information content (AvgIpc) is 3.27. The van der Waals surface area contributed by atoms with Gasteiger partial charge < -0.3 is 5.32 Å². The van der Waals surface area contributed by atoms with E-state index in [0.29, 0.717) is 28.8 Å². The number of amides is 1. The van der Waals surface area contributed by atoms with Crippen molar-refractivity contribution in [2.45, 2.75) is 57.8 Å². The van der Waals surface area contributed by atoms with Gasteiger partial charge in [-0.05, 0) is 36.5 Å². The summed E-state index contributed by atoms with van der Waals surface area (Å²) in [5.41, 5.74) is 1.80. The Bertz CT molecular complexity index is 1330. The van der Waals surface area contributed by atoms with Gasteiger partial charge in [-0.1, -0.05) is 81.4 Å². The van der Waals surface area contributed by atoms with Gasteiger partial charge in [0.2, 0.25) is 11.7 Å². The minimum atomic E-state index is -0.0595. The number of fused-ring (bicyclic) bond motifs is 3. The number of rotatable bonds is 10. The van der Waals surface area contributed by atoms with Crippen LogP contribution in [0.3, 0.4) is 0 Å². The third-order valence-electron chi connectivity index (χ3n) is 5.86. The maximum atomic E-state index is 13.2. The molecular formula is C26H31N5O2S. The third-order valence-corrected chi connectivity index (χ3v) is 6.78. The molecule has 4 rings (SSSR count). The van der Waals surface area contributed by atoms with E-state index in [-0.39, 0.29) is 23.3 Å². The molecule has 0 aliphatic heterocycles. The highest BCUT2D eigenvalue weighted by atomic mass is 32.2. The van der Waals surface area contributed by atoms with Crippen molar-refractivity contribution in [3.05, 3.63) is 70.5 Å². The Morgan fingerprint density at radius 1 is 1.03 bits per heavy atom. The first kappa shape index (κ1) is 24.0. The van der Waals surface area contributed by atoms with E-state index in [2.05, 4.69) is 36.3 Å². The Kier molecular flexibility index (Phi) is 7.67. The minimum Gasteiger partial charge on any atom is -0.349 e. The highest BCUT2D eigenvalue weighted by molar-refractivity contribution is 7.99. The maximum absolute atomic E-state index is 13.2. The van der Waals surface area contributed by atoms with Crippen molar-refractivity contribution in [1.82, 2.24) is 24.5 Å². The molecule has 2 aromatic carbocycles. The fourth-order valence-corrected chi connectivity index (χ4v) is 4.83. The van der Waals surface area contributed by atoms with Crippen LogP contribution < -0.4 is 10.9 Å². The SMILES string of the molecule is CCCC(NC(=O)CSc1nnc2n(CCC(C)C)c(=O)c3ccccc3n12)c1ccccc1. The van der Waals surface area contributed by atoms with Gasteiger partial charge in [0.25, 0.3) is 5.56 Å². The van der Waals surface area contributed by atoms with Crippen LogP contribution in [0.15, 0.2) is 64.5 Å². The molecule has 0 aliphatic rings. The summed E-state index contributed by atoms with van der Waals surface area (Å²) in [6, 6.07) is 17.5. The molecule has 8 heteroatoms. The number of nitrogens with zero attached hydrogens (tertiary/aromatic N) is 4. The van der Waals surface area contributed by atoms with Crippen molar-refractivity contribution in [2.75, 3.05) is 5.75 Å². The number of benzene rings is 2. The van der Waals surface area contributed by atoms with Gasteiger partial charge >= 0.3 is 0 Å². The summed E-state index contributed by atoms with van der Waals surface area (Å²) in [7, 11) is 0. The molecule has 1 N–H and O–H groups in total. The summed E-state index contributed by atoms with van der Waals surface area (Å²) >= 11 is 1.34. The first-order valence-electron chi connectivity index (χ1n) is 11.8. The predicted molar refractivity (Wildman–Crippen MR) is 137 cm³/mol. The van der Waals surface area contributed by atoms with Gasteiger partial charge in [0.1, 0.15) is 0 Å². The highest BCUT2D eigenvalue weighted by Gasteiger charge is 2.19. The molecule has 2 heterocycles. The molecular weight excluding hydrogens is 446 g/mol. The van der Waals surface area contributed by atoms with Gasteiger partial charge in [0.05, 0.1) is 22.7 Å². The van der Waals surface area contributed by atoms with Gasteiger partial charge in [0, 0.05) is 6.54 Å². The maximum Gasteiger partial charge on any atom is 0.262 e. The second-order valence-corrected chi connectivity index (χ2v) is 9.83. The van der Waals surface area contributed by atoms with Crippen LogP contribution in [0, 0.1) is 5.92 Å². The molecule has 178 valence electrons. The quantitative estimate of drug-likeness (QED) is 0.331. The number of thioether (sulfide) groups is 1. The summed E-state index contributed by atoms with van der Waals surface area (Å²) < 4.78 is 3.60.